The fourth-order valence-corrected chi connectivity index (χ4v) is 6.27. The predicted molar refractivity (Wildman–Crippen MR) is 124 cm³/mol. The molecule has 166 valence electrons. The highest BCUT2D eigenvalue weighted by Gasteiger charge is 2.54. The van der Waals surface area contributed by atoms with E-state index in [2.05, 4.69) is 26.7 Å². The van der Waals surface area contributed by atoms with Gasteiger partial charge < -0.3 is 5.32 Å². The Kier molecular flexibility index (Phi) is 3.90. The number of amides is 1. The van der Waals surface area contributed by atoms with Crippen molar-refractivity contribution in [2.24, 2.45) is 5.41 Å². The second kappa shape index (κ2) is 6.76. The maximum atomic E-state index is 13.1. The van der Waals surface area contributed by atoms with Gasteiger partial charge in [0, 0.05) is 23.5 Å². The van der Waals surface area contributed by atoms with Crippen LogP contribution in [0.15, 0.2) is 53.6 Å². The molecule has 1 amide bonds. The predicted octanol–water partition coefficient (Wildman–Crippen LogP) is 3.90. The van der Waals surface area contributed by atoms with E-state index >= 15 is 0 Å². The normalized spacial score (nSPS) is 26.3. The molecule has 0 bridgehead atoms. The Bertz CT molecular complexity index is 1470. The lowest BCUT2D eigenvalue weighted by Crippen LogP contribution is -2.55. The summed E-state index contributed by atoms with van der Waals surface area (Å²) in [7, 11) is 0. The summed E-state index contributed by atoms with van der Waals surface area (Å²) >= 11 is 0. The lowest BCUT2D eigenvalue weighted by atomic mass is 9.49. The number of hydrogen-bond acceptors (Lipinski definition) is 4. The highest BCUT2D eigenvalue weighted by molar-refractivity contribution is 6.01. The molecular formula is C26H25N5O2. The van der Waals surface area contributed by atoms with Gasteiger partial charge in [-0.25, -0.2) is 9.61 Å². The molecule has 33 heavy (non-hydrogen) atoms. The monoisotopic (exact) mass is 439 g/mol. The van der Waals surface area contributed by atoms with E-state index in [9.17, 15) is 9.59 Å². The smallest absolute Gasteiger partial charge is 0.272 e. The third-order valence-electron chi connectivity index (χ3n) is 8.00. The number of nitrogens with one attached hydrogen (secondary N) is 2. The number of carbonyl (C=O) groups excluding carboxylic acids is 1. The highest BCUT2D eigenvalue weighted by atomic mass is 16.1. The molecule has 3 saturated carbocycles. The van der Waals surface area contributed by atoms with Crippen LogP contribution in [-0.2, 0) is 0 Å². The molecule has 7 heteroatoms. The van der Waals surface area contributed by atoms with E-state index in [1.165, 1.54) is 18.4 Å². The average Bonchev–Trinajstić information content (AvgIpc) is 3.53. The third-order valence-corrected chi connectivity index (χ3v) is 8.00. The highest BCUT2D eigenvalue weighted by Crippen LogP contribution is 2.62. The van der Waals surface area contributed by atoms with Crippen molar-refractivity contribution in [3.63, 3.8) is 0 Å². The van der Waals surface area contributed by atoms with Crippen LogP contribution in [0.1, 0.15) is 72.0 Å². The average molecular weight is 440 g/mol. The Labute approximate surface area is 190 Å². The van der Waals surface area contributed by atoms with Gasteiger partial charge in [0.05, 0.1) is 28.4 Å². The van der Waals surface area contributed by atoms with Gasteiger partial charge in [0.25, 0.3) is 11.5 Å². The lowest BCUT2D eigenvalue weighted by Gasteiger charge is -2.57. The molecule has 7 nitrogen and oxygen atoms in total. The number of aromatic amines is 1. The maximum Gasteiger partial charge on any atom is 0.272 e. The molecule has 3 heterocycles. The first kappa shape index (κ1) is 19.0. The number of aromatic nitrogens is 4. The fourth-order valence-electron chi connectivity index (χ4n) is 6.27. The van der Waals surface area contributed by atoms with Gasteiger partial charge in [-0.2, -0.15) is 10.2 Å². The van der Waals surface area contributed by atoms with E-state index in [1.54, 1.807) is 6.20 Å². The van der Waals surface area contributed by atoms with E-state index in [1.807, 2.05) is 41.0 Å². The van der Waals surface area contributed by atoms with E-state index in [-0.39, 0.29) is 17.5 Å². The van der Waals surface area contributed by atoms with Gasteiger partial charge in [-0.15, -0.1) is 0 Å². The summed E-state index contributed by atoms with van der Waals surface area (Å²) in [5.74, 6) is 0.916. The quantitative estimate of drug-likeness (QED) is 0.504. The minimum atomic E-state index is -0.132. The number of benzene rings is 1. The molecule has 0 radical (unpaired) electrons. The Balaban J connectivity index is 1.04. The first-order chi connectivity index (χ1) is 16.1. The second-order valence-corrected chi connectivity index (χ2v) is 10.3. The van der Waals surface area contributed by atoms with Crippen LogP contribution < -0.4 is 10.9 Å². The number of pyridine rings is 1. The van der Waals surface area contributed by atoms with Gasteiger partial charge in [0.2, 0.25) is 0 Å². The zero-order valence-electron chi connectivity index (χ0n) is 18.3. The Morgan fingerprint density at radius 2 is 1.82 bits per heavy atom. The van der Waals surface area contributed by atoms with Crippen LogP contribution in [0.25, 0.3) is 16.3 Å². The SMILES string of the molecule is O=C(N[C@H]1CC2(C1)C[C@H](c1n[nH]c(=O)c3ccccc31)C2)c1cnn2cccc(C3CC3)c12. The van der Waals surface area contributed by atoms with Crippen molar-refractivity contribution in [3.8, 4) is 0 Å². The second-order valence-electron chi connectivity index (χ2n) is 10.3. The van der Waals surface area contributed by atoms with Crippen LogP contribution in [0.5, 0.6) is 0 Å². The summed E-state index contributed by atoms with van der Waals surface area (Å²) in [6, 6.07) is 12.1. The first-order valence-electron chi connectivity index (χ1n) is 11.8. The van der Waals surface area contributed by atoms with Crippen LogP contribution in [0.2, 0.25) is 0 Å². The first-order valence-corrected chi connectivity index (χ1v) is 11.8. The molecule has 2 N–H and O–H groups in total. The fraction of sp³-hybridized carbons (Fsp3) is 0.385. The molecule has 0 aliphatic heterocycles. The van der Waals surface area contributed by atoms with Crippen LogP contribution in [0.3, 0.4) is 0 Å². The van der Waals surface area contributed by atoms with Gasteiger partial charge in [-0.1, -0.05) is 24.3 Å². The molecule has 3 fully saturated rings. The summed E-state index contributed by atoms with van der Waals surface area (Å²) in [5, 5.41) is 16.4. The van der Waals surface area contributed by atoms with Gasteiger partial charge in [-0.3, -0.25) is 9.59 Å². The molecule has 7 rings (SSSR count). The van der Waals surface area contributed by atoms with Gasteiger partial charge >= 0.3 is 0 Å². The largest absolute Gasteiger partial charge is 0.349 e. The summed E-state index contributed by atoms with van der Waals surface area (Å²) < 4.78 is 1.84. The molecule has 3 aliphatic rings. The molecule has 3 aromatic heterocycles. The number of H-pyrrole nitrogens is 1. The number of carbonyl (C=O) groups is 1. The standard InChI is InChI=1S/C26H25N5O2/c32-24(21-14-27-31-9-3-6-18(23(21)31)15-7-8-15)28-17-12-26(13-17)10-16(11-26)22-19-4-1-2-5-20(19)25(33)30-29-22/h1-6,9,14-17H,7-8,10-13H2,(H,28,32)(H,30,33)/t16-,17-,26?. The van der Waals surface area contributed by atoms with Crippen LogP contribution in [-0.4, -0.2) is 31.8 Å². The Hall–Kier alpha value is -3.48. The van der Waals surface area contributed by atoms with Crippen molar-refractivity contribution in [2.45, 2.75) is 56.4 Å². The number of hydrogen-bond donors (Lipinski definition) is 2. The summed E-state index contributed by atoms with van der Waals surface area (Å²) in [6.07, 6.45) is 10.1. The number of rotatable bonds is 4. The maximum absolute atomic E-state index is 13.1. The minimum Gasteiger partial charge on any atom is -0.349 e. The van der Waals surface area contributed by atoms with E-state index in [0.29, 0.717) is 28.2 Å². The Morgan fingerprint density at radius 3 is 2.61 bits per heavy atom. The van der Waals surface area contributed by atoms with Crippen molar-refractivity contribution in [1.82, 2.24) is 25.1 Å². The van der Waals surface area contributed by atoms with Crippen LogP contribution >= 0.6 is 0 Å². The molecule has 0 unspecified atom stereocenters. The molecule has 4 aromatic rings. The van der Waals surface area contributed by atoms with Crippen molar-refractivity contribution in [2.75, 3.05) is 0 Å². The van der Waals surface area contributed by atoms with Crippen molar-refractivity contribution in [1.29, 1.82) is 0 Å². The zero-order valence-corrected chi connectivity index (χ0v) is 18.3. The van der Waals surface area contributed by atoms with Crippen molar-refractivity contribution in [3.05, 3.63) is 76.0 Å². The summed E-state index contributed by atoms with van der Waals surface area (Å²) in [6.45, 7) is 0. The molecule has 1 spiro atoms. The minimum absolute atomic E-state index is 0.0119. The van der Waals surface area contributed by atoms with E-state index in [0.717, 1.165) is 42.3 Å². The van der Waals surface area contributed by atoms with Gasteiger partial charge in [0.15, 0.2) is 0 Å². The third kappa shape index (κ3) is 2.95. The van der Waals surface area contributed by atoms with Crippen LogP contribution in [0, 0.1) is 5.41 Å². The lowest BCUT2D eigenvalue weighted by molar-refractivity contribution is -0.0196. The topological polar surface area (TPSA) is 92.1 Å². The number of fused-ring (bicyclic) bond motifs is 2. The number of nitrogens with zero attached hydrogens (tertiary/aromatic N) is 3. The molecular weight excluding hydrogens is 414 g/mol. The Morgan fingerprint density at radius 1 is 1.03 bits per heavy atom. The van der Waals surface area contributed by atoms with E-state index < -0.39 is 0 Å². The molecule has 1 aromatic carbocycles. The molecule has 0 atom stereocenters. The van der Waals surface area contributed by atoms with Gasteiger partial charge in [-0.05, 0) is 67.6 Å². The molecule has 0 saturated heterocycles. The van der Waals surface area contributed by atoms with Gasteiger partial charge in [0.1, 0.15) is 0 Å². The summed E-state index contributed by atoms with van der Waals surface area (Å²) in [5.41, 5.74) is 4.06. The van der Waals surface area contributed by atoms with Crippen LogP contribution in [0.4, 0.5) is 0 Å². The summed E-state index contributed by atoms with van der Waals surface area (Å²) in [4.78, 5) is 25.2. The van der Waals surface area contributed by atoms with Crippen molar-refractivity contribution >= 4 is 22.2 Å². The molecule has 3 aliphatic carbocycles. The van der Waals surface area contributed by atoms with E-state index in [4.69, 9.17) is 0 Å². The zero-order chi connectivity index (χ0) is 22.2. The van der Waals surface area contributed by atoms with Crippen molar-refractivity contribution < 1.29 is 4.79 Å².